The van der Waals surface area contributed by atoms with E-state index in [0.29, 0.717) is 13.4 Å². The number of fused-ring (bicyclic) bond motifs is 1. The van der Waals surface area contributed by atoms with Gasteiger partial charge in [0.25, 0.3) is 0 Å². The van der Waals surface area contributed by atoms with Gasteiger partial charge in [-0.3, -0.25) is 0 Å². The molecule has 1 aliphatic heterocycles. The topological polar surface area (TPSA) is 44.5 Å². The van der Waals surface area contributed by atoms with E-state index in [1.165, 1.54) is 0 Å². The third-order valence-electron chi connectivity index (χ3n) is 2.33. The predicted molar refractivity (Wildman–Crippen MR) is 59.1 cm³/mol. The summed E-state index contributed by atoms with van der Waals surface area (Å²) >= 11 is 6.14. The minimum atomic E-state index is 0.0976. The van der Waals surface area contributed by atoms with Gasteiger partial charge in [0, 0.05) is 16.6 Å². The highest BCUT2D eigenvalue weighted by Gasteiger charge is 2.14. The zero-order valence-electron chi connectivity index (χ0n) is 8.63. The highest BCUT2D eigenvalue weighted by molar-refractivity contribution is 6.31. The Labute approximate surface area is 94.1 Å². The molecule has 0 amide bonds. The van der Waals surface area contributed by atoms with E-state index in [1.807, 2.05) is 19.1 Å². The molecule has 82 valence electrons. The Morgan fingerprint density at radius 1 is 1.53 bits per heavy atom. The van der Waals surface area contributed by atoms with E-state index in [2.05, 4.69) is 0 Å². The molecule has 1 aromatic rings. The van der Waals surface area contributed by atoms with Crippen LogP contribution in [-0.2, 0) is 17.8 Å². The number of benzene rings is 1. The maximum Gasteiger partial charge on any atom is 0.189 e. The Balaban J connectivity index is 2.32. The lowest BCUT2D eigenvalue weighted by molar-refractivity contribution is -0.0164. The Kier molecular flexibility index (Phi) is 3.14. The zero-order valence-corrected chi connectivity index (χ0v) is 9.38. The van der Waals surface area contributed by atoms with Crippen LogP contribution in [0.3, 0.4) is 0 Å². The maximum atomic E-state index is 6.14. The number of hydrogen-bond acceptors (Lipinski definition) is 3. The summed E-state index contributed by atoms with van der Waals surface area (Å²) in [5.74, 6) is 0.862. The summed E-state index contributed by atoms with van der Waals surface area (Å²) in [6, 6.07) is 3.96. The van der Waals surface area contributed by atoms with Crippen LogP contribution in [0, 0.1) is 0 Å². The number of rotatable bonds is 2. The summed E-state index contributed by atoms with van der Waals surface area (Å²) in [6.45, 7) is 2.83. The Morgan fingerprint density at radius 2 is 2.33 bits per heavy atom. The van der Waals surface area contributed by atoms with Crippen molar-refractivity contribution in [1.29, 1.82) is 0 Å². The number of ether oxygens (including phenoxy) is 2. The molecular formula is C11H14ClNO2. The summed E-state index contributed by atoms with van der Waals surface area (Å²) in [5, 5.41) is 0.736. The molecule has 0 aromatic heterocycles. The van der Waals surface area contributed by atoms with Crippen LogP contribution in [0.1, 0.15) is 18.1 Å². The third kappa shape index (κ3) is 2.43. The smallest absolute Gasteiger partial charge is 0.189 e. The number of halogens is 1. The van der Waals surface area contributed by atoms with Crippen molar-refractivity contribution in [2.75, 3.05) is 6.79 Å². The minimum absolute atomic E-state index is 0.0976. The van der Waals surface area contributed by atoms with Gasteiger partial charge in [-0.25, -0.2) is 0 Å². The molecule has 2 rings (SSSR count). The number of hydrogen-bond donors (Lipinski definition) is 1. The molecule has 1 atom stereocenters. The van der Waals surface area contributed by atoms with E-state index < -0.39 is 0 Å². The van der Waals surface area contributed by atoms with Gasteiger partial charge in [0.15, 0.2) is 6.79 Å². The van der Waals surface area contributed by atoms with Gasteiger partial charge < -0.3 is 15.2 Å². The molecule has 1 aliphatic rings. The monoisotopic (exact) mass is 227 g/mol. The van der Waals surface area contributed by atoms with Crippen molar-refractivity contribution in [3.05, 3.63) is 28.3 Å². The molecule has 0 spiro atoms. The maximum absolute atomic E-state index is 6.14. The predicted octanol–water partition coefficient (Wildman–Crippen LogP) is 2.10. The van der Waals surface area contributed by atoms with Crippen LogP contribution in [0.2, 0.25) is 5.02 Å². The summed E-state index contributed by atoms with van der Waals surface area (Å²) < 4.78 is 10.5. The van der Waals surface area contributed by atoms with Gasteiger partial charge >= 0.3 is 0 Å². The normalized spacial score (nSPS) is 16.7. The van der Waals surface area contributed by atoms with Crippen LogP contribution < -0.4 is 10.5 Å². The molecule has 1 aromatic carbocycles. The summed E-state index contributed by atoms with van der Waals surface area (Å²) in [7, 11) is 0. The van der Waals surface area contributed by atoms with E-state index in [4.69, 9.17) is 26.8 Å². The van der Waals surface area contributed by atoms with Crippen LogP contribution in [0.25, 0.3) is 0 Å². The van der Waals surface area contributed by atoms with Gasteiger partial charge in [0.1, 0.15) is 5.75 Å². The average molecular weight is 228 g/mol. The molecule has 0 saturated heterocycles. The Bertz CT molecular complexity index is 366. The van der Waals surface area contributed by atoms with Crippen molar-refractivity contribution >= 4 is 11.6 Å². The molecule has 15 heavy (non-hydrogen) atoms. The fourth-order valence-corrected chi connectivity index (χ4v) is 1.91. The first-order chi connectivity index (χ1) is 7.16. The van der Waals surface area contributed by atoms with E-state index in [9.17, 15) is 0 Å². The van der Waals surface area contributed by atoms with E-state index in [-0.39, 0.29) is 6.04 Å². The van der Waals surface area contributed by atoms with Gasteiger partial charge in [-0.2, -0.15) is 0 Å². The molecule has 0 fully saturated rings. The van der Waals surface area contributed by atoms with Gasteiger partial charge in [-0.05, 0) is 31.0 Å². The van der Waals surface area contributed by atoms with E-state index in [0.717, 1.165) is 28.3 Å². The lowest BCUT2D eigenvalue weighted by atomic mass is 10.0. The summed E-state index contributed by atoms with van der Waals surface area (Å²) in [5.41, 5.74) is 7.78. The first-order valence-electron chi connectivity index (χ1n) is 4.94. The fraction of sp³-hybridized carbons (Fsp3) is 0.455. The molecule has 0 aliphatic carbocycles. The molecule has 0 radical (unpaired) electrons. The van der Waals surface area contributed by atoms with Crippen LogP contribution >= 0.6 is 11.6 Å². The molecule has 1 heterocycles. The van der Waals surface area contributed by atoms with Crippen molar-refractivity contribution in [3.8, 4) is 5.75 Å². The van der Waals surface area contributed by atoms with Crippen LogP contribution in [-0.4, -0.2) is 12.8 Å². The molecule has 3 nitrogen and oxygen atoms in total. The fourth-order valence-electron chi connectivity index (χ4n) is 1.64. The molecular weight excluding hydrogens is 214 g/mol. The van der Waals surface area contributed by atoms with Gasteiger partial charge in [-0.15, -0.1) is 0 Å². The standard InChI is InChI=1S/C11H14ClNO2/c1-7(13)2-8-4-11-9(3-10(8)12)5-14-6-15-11/h3-4,7H,2,5-6,13H2,1H3. The largest absolute Gasteiger partial charge is 0.467 e. The van der Waals surface area contributed by atoms with Gasteiger partial charge in [-0.1, -0.05) is 11.6 Å². The van der Waals surface area contributed by atoms with E-state index in [1.54, 1.807) is 0 Å². The molecule has 1 unspecified atom stereocenters. The van der Waals surface area contributed by atoms with Crippen molar-refractivity contribution in [2.24, 2.45) is 5.73 Å². The number of nitrogens with two attached hydrogens (primary N) is 1. The van der Waals surface area contributed by atoms with Crippen LogP contribution in [0.5, 0.6) is 5.75 Å². The first-order valence-corrected chi connectivity index (χ1v) is 5.32. The summed E-state index contributed by atoms with van der Waals surface area (Å²) in [4.78, 5) is 0. The van der Waals surface area contributed by atoms with Crippen LogP contribution in [0.15, 0.2) is 12.1 Å². The lowest BCUT2D eigenvalue weighted by Gasteiger charge is -2.19. The van der Waals surface area contributed by atoms with Crippen molar-refractivity contribution in [1.82, 2.24) is 0 Å². The molecule has 0 bridgehead atoms. The Morgan fingerprint density at radius 3 is 3.07 bits per heavy atom. The second-order valence-electron chi connectivity index (χ2n) is 3.84. The molecule has 0 saturated carbocycles. The third-order valence-corrected chi connectivity index (χ3v) is 2.68. The van der Waals surface area contributed by atoms with Crippen molar-refractivity contribution in [2.45, 2.75) is 26.0 Å². The van der Waals surface area contributed by atoms with E-state index >= 15 is 0 Å². The average Bonchev–Trinajstić information content (AvgIpc) is 2.18. The summed E-state index contributed by atoms with van der Waals surface area (Å²) in [6.07, 6.45) is 0.760. The minimum Gasteiger partial charge on any atom is -0.467 e. The van der Waals surface area contributed by atoms with Crippen molar-refractivity contribution < 1.29 is 9.47 Å². The second kappa shape index (κ2) is 4.39. The quantitative estimate of drug-likeness (QED) is 0.842. The van der Waals surface area contributed by atoms with Crippen molar-refractivity contribution in [3.63, 3.8) is 0 Å². The lowest BCUT2D eigenvalue weighted by Crippen LogP contribution is -2.18. The van der Waals surface area contributed by atoms with Crippen LogP contribution in [0.4, 0.5) is 0 Å². The van der Waals surface area contributed by atoms with Gasteiger partial charge in [0.05, 0.1) is 6.61 Å². The highest BCUT2D eigenvalue weighted by atomic mass is 35.5. The molecule has 4 heteroatoms. The second-order valence-corrected chi connectivity index (χ2v) is 4.25. The SMILES string of the molecule is CC(N)Cc1cc2c(cc1Cl)COCO2. The molecule has 2 N–H and O–H groups in total. The first kappa shape index (κ1) is 10.7. The van der Waals surface area contributed by atoms with Gasteiger partial charge in [0.2, 0.25) is 0 Å². The zero-order chi connectivity index (χ0) is 10.8. The Hall–Kier alpha value is -0.770. The highest BCUT2D eigenvalue weighted by Crippen LogP contribution is 2.30.